The van der Waals surface area contributed by atoms with E-state index in [9.17, 15) is 5.11 Å². The number of rotatable bonds is 3. The molecule has 0 amide bonds. The van der Waals surface area contributed by atoms with Crippen molar-refractivity contribution >= 4 is 23.4 Å². The second-order valence-electron chi connectivity index (χ2n) is 5.68. The Morgan fingerprint density at radius 1 is 1.25 bits per heavy atom. The Labute approximate surface area is 125 Å². The van der Waals surface area contributed by atoms with E-state index in [2.05, 4.69) is 19.2 Å². The van der Waals surface area contributed by atoms with E-state index in [1.807, 2.05) is 6.07 Å². The van der Waals surface area contributed by atoms with Crippen LogP contribution in [0.15, 0.2) is 16.5 Å². The number of aromatic hydroxyl groups is 1. The van der Waals surface area contributed by atoms with Crippen molar-refractivity contribution in [3.8, 4) is 5.75 Å². The number of phenolic OH excluding ortho intramolecular Hbond substituents is 1. The molecule has 4 heteroatoms. The number of nitrogens with one attached hydrogen (secondary N) is 1. The minimum Gasteiger partial charge on any atom is -0.508 e. The molecule has 1 aliphatic carbocycles. The molecule has 0 saturated carbocycles. The average Bonchev–Trinajstić information content (AvgIpc) is 2.76. The molecule has 0 aliphatic heterocycles. The summed E-state index contributed by atoms with van der Waals surface area (Å²) in [6.07, 6.45) is 4.52. The highest BCUT2D eigenvalue weighted by Crippen LogP contribution is 2.37. The number of benzene rings is 1. The van der Waals surface area contributed by atoms with Gasteiger partial charge in [-0.25, -0.2) is 0 Å². The number of hydrogen-bond donors (Lipinski definition) is 2. The molecule has 110 valence electrons. The predicted molar refractivity (Wildman–Crippen MR) is 83.7 cm³/mol. The Kier molecular flexibility index (Phi) is 4.61. The van der Waals surface area contributed by atoms with Crippen molar-refractivity contribution in [2.45, 2.75) is 52.1 Å². The fraction of sp³-hybridized carbons (Fsp3) is 0.500. The third-order valence-electron chi connectivity index (χ3n) is 3.89. The Hall–Kier alpha value is -1.19. The lowest BCUT2D eigenvalue weighted by Crippen LogP contribution is -2.22. The van der Waals surface area contributed by atoms with Crippen LogP contribution in [0.3, 0.4) is 0 Å². The van der Waals surface area contributed by atoms with Gasteiger partial charge in [-0.3, -0.25) is 0 Å². The van der Waals surface area contributed by atoms with E-state index in [4.69, 9.17) is 4.42 Å². The van der Waals surface area contributed by atoms with Gasteiger partial charge in [0.05, 0.1) is 0 Å². The van der Waals surface area contributed by atoms with Gasteiger partial charge in [0.2, 0.25) is 0 Å². The van der Waals surface area contributed by atoms with E-state index in [1.165, 1.54) is 18.4 Å². The van der Waals surface area contributed by atoms with Gasteiger partial charge in [0.1, 0.15) is 17.1 Å². The highest BCUT2D eigenvalue weighted by atomic mass is 35.5. The second kappa shape index (κ2) is 6.06. The van der Waals surface area contributed by atoms with Crippen LogP contribution in [-0.4, -0.2) is 11.1 Å². The lowest BCUT2D eigenvalue weighted by Gasteiger charge is -2.13. The Bertz CT molecular complexity index is 604. The van der Waals surface area contributed by atoms with E-state index in [0.717, 1.165) is 35.1 Å². The molecule has 1 aromatic carbocycles. The van der Waals surface area contributed by atoms with Crippen LogP contribution in [-0.2, 0) is 19.4 Å². The van der Waals surface area contributed by atoms with E-state index >= 15 is 0 Å². The molecule has 2 aromatic rings. The molecule has 3 nitrogen and oxygen atoms in total. The highest BCUT2D eigenvalue weighted by Gasteiger charge is 2.21. The molecule has 2 N–H and O–H groups in total. The first kappa shape index (κ1) is 15.2. The lowest BCUT2D eigenvalue weighted by atomic mass is 9.93. The SMILES string of the molecule is CC(C)NCc1c(O)ccc2oc3c(c12)CCCC3.Cl. The molecule has 3 rings (SSSR count). The molecule has 0 bridgehead atoms. The van der Waals surface area contributed by atoms with Crippen LogP contribution in [0.5, 0.6) is 5.75 Å². The summed E-state index contributed by atoms with van der Waals surface area (Å²) in [5.41, 5.74) is 3.22. The monoisotopic (exact) mass is 295 g/mol. The first-order valence-corrected chi connectivity index (χ1v) is 7.15. The normalized spacial score (nSPS) is 14.3. The van der Waals surface area contributed by atoms with Gasteiger partial charge in [-0.05, 0) is 31.4 Å². The van der Waals surface area contributed by atoms with Crippen LogP contribution in [0, 0.1) is 0 Å². The van der Waals surface area contributed by atoms with Crippen molar-refractivity contribution in [1.82, 2.24) is 5.32 Å². The quantitative estimate of drug-likeness (QED) is 0.901. The maximum Gasteiger partial charge on any atom is 0.135 e. The molecular weight excluding hydrogens is 274 g/mol. The van der Waals surface area contributed by atoms with Gasteiger partial charge in [-0.2, -0.15) is 0 Å². The third kappa shape index (κ3) is 2.65. The predicted octanol–water partition coefficient (Wildman–Crippen LogP) is 3.94. The summed E-state index contributed by atoms with van der Waals surface area (Å²) in [4.78, 5) is 0. The van der Waals surface area contributed by atoms with Crippen LogP contribution in [0.25, 0.3) is 11.0 Å². The summed E-state index contributed by atoms with van der Waals surface area (Å²) in [7, 11) is 0. The summed E-state index contributed by atoms with van der Waals surface area (Å²) in [5.74, 6) is 1.49. The Balaban J connectivity index is 0.00000147. The molecule has 1 aliphatic rings. The topological polar surface area (TPSA) is 45.4 Å². The standard InChI is InChI=1S/C16H21NO2.ClH/c1-10(2)17-9-12-13(18)7-8-15-16(12)11-5-3-4-6-14(11)19-15;/h7-8,10,17-18H,3-6,9H2,1-2H3;1H. The second-order valence-corrected chi connectivity index (χ2v) is 5.68. The van der Waals surface area contributed by atoms with Gasteiger partial charge in [0, 0.05) is 35.5 Å². The van der Waals surface area contributed by atoms with Gasteiger partial charge < -0.3 is 14.8 Å². The van der Waals surface area contributed by atoms with Crippen molar-refractivity contribution in [3.63, 3.8) is 0 Å². The number of hydrogen-bond acceptors (Lipinski definition) is 3. The summed E-state index contributed by atoms with van der Waals surface area (Å²) in [6.45, 7) is 4.91. The van der Waals surface area contributed by atoms with Crippen LogP contribution in [0.2, 0.25) is 0 Å². The zero-order chi connectivity index (χ0) is 13.4. The molecule has 0 radical (unpaired) electrons. The van der Waals surface area contributed by atoms with E-state index in [-0.39, 0.29) is 12.4 Å². The molecule has 0 fully saturated rings. The average molecular weight is 296 g/mol. The van der Waals surface area contributed by atoms with Gasteiger partial charge >= 0.3 is 0 Å². The smallest absolute Gasteiger partial charge is 0.135 e. The highest BCUT2D eigenvalue weighted by molar-refractivity contribution is 5.88. The Morgan fingerprint density at radius 3 is 2.75 bits per heavy atom. The number of halogens is 1. The minimum absolute atomic E-state index is 0. The first-order chi connectivity index (χ1) is 9.16. The zero-order valence-electron chi connectivity index (χ0n) is 12.0. The summed E-state index contributed by atoms with van der Waals surface area (Å²) in [5, 5.41) is 14.7. The van der Waals surface area contributed by atoms with Crippen LogP contribution in [0.4, 0.5) is 0 Å². The summed E-state index contributed by atoms with van der Waals surface area (Å²) < 4.78 is 5.95. The van der Waals surface area contributed by atoms with E-state index in [0.29, 0.717) is 18.3 Å². The molecule has 0 saturated heterocycles. The maximum atomic E-state index is 10.2. The van der Waals surface area contributed by atoms with Crippen molar-refractivity contribution in [2.24, 2.45) is 0 Å². The summed E-state index contributed by atoms with van der Waals surface area (Å²) in [6, 6.07) is 4.04. The molecular formula is C16H22ClNO2. The Morgan fingerprint density at radius 2 is 2.00 bits per heavy atom. The van der Waals surface area contributed by atoms with E-state index < -0.39 is 0 Å². The molecule has 0 unspecified atom stereocenters. The first-order valence-electron chi connectivity index (χ1n) is 7.15. The van der Waals surface area contributed by atoms with Crippen molar-refractivity contribution in [1.29, 1.82) is 0 Å². The lowest BCUT2D eigenvalue weighted by molar-refractivity contribution is 0.462. The number of phenols is 1. The zero-order valence-corrected chi connectivity index (χ0v) is 12.8. The van der Waals surface area contributed by atoms with Crippen LogP contribution < -0.4 is 5.32 Å². The maximum absolute atomic E-state index is 10.2. The molecule has 0 atom stereocenters. The number of fused-ring (bicyclic) bond motifs is 3. The fourth-order valence-corrected chi connectivity index (χ4v) is 2.90. The molecule has 0 spiro atoms. The number of furan rings is 1. The van der Waals surface area contributed by atoms with Crippen molar-refractivity contribution in [2.75, 3.05) is 0 Å². The van der Waals surface area contributed by atoms with Gasteiger partial charge in [-0.1, -0.05) is 13.8 Å². The van der Waals surface area contributed by atoms with Crippen molar-refractivity contribution in [3.05, 3.63) is 29.0 Å². The third-order valence-corrected chi connectivity index (χ3v) is 3.89. The van der Waals surface area contributed by atoms with Gasteiger partial charge in [-0.15, -0.1) is 12.4 Å². The molecule has 1 aromatic heterocycles. The molecule has 1 heterocycles. The van der Waals surface area contributed by atoms with E-state index in [1.54, 1.807) is 6.07 Å². The number of aryl methyl sites for hydroxylation is 2. The van der Waals surface area contributed by atoms with Crippen LogP contribution >= 0.6 is 12.4 Å². The minimum atomic E-state index is 0. The van der Waals surface area contributed by atoms with Crippen molar-refractivity contribution < 1.29 is 9.52 Å². The fourth-order valence-electron chi connectivity index (χ4n) is 2.90. The van der Waals surface area contributed by atoms with Gasteiger partial charge in [0.15, 0.2) is 0 Å². The summed E-state index contributed by atoms with van der Waals surface area (Å²) >= 11 is 0. The van der Waals surface area contributed by atoms with Gasteiger partial charge in [0.25, 0.3) is 0 Å². The van der Waals surface area contributed by atoms with Crippen LogP contribution in [0.1, 0.15) is 43.6 Å². The molecule has 20 heavy (non-hydrogen) atoms. The largest absolute Gasteiger partial charge is 0.508 e.